The van der Waals surface area contributed by atoms with Crippen LogP contribution in [0, 0.1) is 23.7 Å². The van der Waals surface area contributed by atoms with Gasteiger partial charge in [0, 0.05) is 64.7 Å². The van der Waals surface area contributed by atoms with E-state index in [1.807, 2.05) is 19.9 Å². The monoisotopic (exact) mass is 1330 g/mol. The molecule has 2 saturated heterocycles. The highest BCUT2D eigenvalue weighted by molar-refractivity contribution is 5.98. The fraction of sp³-hybridized carbons (Fsp3) is 0.672. The molecule has 1 aromatic heterocycles. The van der Waals surface area contributed by atoms with Crippen molar-refractivity contribution in [3.63, 3.8) is 0 Å². The largest absolute Gasteiger partial charge is 0.480 e. The summed E-state index contributed by atoms with van der Waals surface area (Å²) in [6.07, 6.45) is -9.39. The van der Waals surface area contributed by atoms with Gasteiger partial charge in [0.25, 0.3) is 0 Å². The van der Waals surface area contributed by atoms with E-state index in [9.17, 15) is 64.2 Å². The number of carbonyl (C=O) groups excluding carboxylic acids is 5. The van der Waals surface area contributed by atoms with E-state index in [4.69, 9.17) is 43.4 Å². The van der Waals surface area contributed by atoms with Crippen molar-refractivity contribution in [3.05, 3.63) is 75.8 Å². The minimum absolute atomic E-state index is 0.0528. The van der Waals surface area contributed by atoms with Gasteiger partial charge in [0.1, 0.15) is 60.6 Å². The lowest BCUT2D eigenvalue weighted by Gasteiger charge is -2.41. The average Bonchev–Trinajstić information content (AvgIpc) is 1.60. The van der Waals surface area contributed by atoms with Crippen molar-refractivity contribution >= 4 is 52.6 Å². The van der Waals surface area contributed by atoms with E-state index in [0.29, 0.717) is 25.8 Å². The molecular weight excluding hydrogens is 1230 g/mol. The number of amides is 5. The van der Waals surface area contributed by atoms with Crippen LogP contribution in [0.15, 0.2) is 53.6 Å². The Morgan fingerprint density at radius 3 is 2.06 bits per heavy atom. The Bertz CT molecular complexity index is 3000. The quantitative estimate of drug-likeness (QED) is 0.0176. The van der Waals surface area contributed by atoms with E-state index in [1.54, 1.807) is 70.8 Å². The van der Waals surface area contributed by atoms with E-state index in [0.717, 1.165) is 10.5 Å². The van der Waals surface area contributed by atoms with Crippen LogP contribution < -0.4 is 15.4 Å². The number of fused-ring (bicyclic) bond motifs is 1. The second kappa shape index (κ2) is 37.8. The van der Waals surface area contributed by atoms with Crippen LogP contribution in [0.1, 0.15) is 95.8 Å². The smallest absolute Gasteiger partial charge is 0.410 e. The fourth-order valence-corrected chi connectivity index (χ4v) is 12.1. The van der Waals surface area contributed by atoms with Crippen LogP contribution in [-0.2, 0) is 76.7 Å². The Morgan fingerprint density at radius 1 is 0.819 bits per heavy atom. The molecule has 30 nitrogen and oxygen atoms in total. The normalized spacial score (nSPS) is 20.7. The summed E-state index contributed by atoms with van der Waals surface area (Å²) in [6.45, 7) is 12.5. The molecule has 8 N–H and O–H groups in total. The highest BCUT2D eigenvalue weighted by Gasteiger charge is 2.47. The minimum Gasteiger partial charge on any atom is -0.480 e. The fourth-order valence-electron chi connectivity index (χ4n) is 12.1. The van der Waals surface area contributed by atoms with Gasteiger partial charge in [-0.15, -0.1) is 0 Å². The van der Waals surface area contributed by atoms with Crippen molar-refractivity contribution in [2.45, 2.75) is 167 Å². The van der Waals surface area contributed by atoms with E-state index < -0.39 is 140 Å². The summed E-state index contributed by atoms with van der Waals surface area (Å²) in [7, 11) is 5.85. The maximum absolute atomic E-state index is 14.9. The van der Waals surface area contributed by atoms with Crippen molar-refractivity contribution in [3.8, 4) is 5.75 Å². The molecule has 2 unspecified atom stereocenters. The molecular formula is C64H97N9O21. The van der Waals surface area contributed by atoms with Gasteiger partial charge < -0.3 is 93.5 Å². The zero-order valence-electron chi connectivity index (χ0n) is 55.6. The second-order valence-electron chi connectivity index (χ2n) is 24.3. The molecule has 0 bridgehead atoms. The predicted octanol–water partition coefficient (Wildman–Crippen LogP) is 3.34. The highest BCUT2D eigenvalue weighted by atomic mass is 16.7. The molecule has 2 aliphatic heterocycles. The number of aliphatic hydroxyl groups is 4. The molecule has 5 amide bonds. The summed E-state index contributed by atoms with van der Waals surface area (Å²) in [5.74, 6) is -6.80. The molecule has 524 valence electrons. The van der Waals surface area contributed by atoms with Crippen molar-refractivity contribution in [2.24, 2.45) is 28.8 Å². The van der Waals surface area contributed by atoms with Crippen LogP contribution in [0.5, 0.6) is 5.75 Å². The van der Waals surface area contributed by atoms with Crippen molar-refractivity contribution in [1.82, 2.24) is 29.9 Å². The lowest BCUT2D eigenvalue weighted by atomic mass is 9.89. The number of nitrogens with zero attached hydrogens (tertiary/aromatic N) is 7. The summed E-state index contributed by atoms with van der Waals surface area (Å²) < 4.78 is 47.6. The number of methoxy groups -OCH3 is 2. The number of carboxylic acids is 2. The maximum atomic E-state index is 14.9. The lowest BCUT2D eigenvalue weighted by molar-refractivity contribution is -0.277. The zero-order valence-corrected chi connectivity index (χ0v) is 55.6. The Kier molecular flexibility index (Phi) is 31.1. The number of hydrogen-bond donors (Lipinski definition) is 8. The molecule has 3 aromatic rings. The summed E-state index contributed by atoms with van der Waals surface area (Å²) >= 11 is 0. The number of likely N-dealkylation sites (N-methyl/N-ethyl adjacent to an activating group) is 2. The molecule has 0 saturated carbocycles. The number of nitrogens with one attached hydrogen (secondary N) is 2. The maximum Gasteiger partial charge on any atom is 0.410 e. The second-order valence-corrected chi connectivity index (χ2v) is 24.3. The molecule has 5 rings (SSSR count). The molecule has 3 heterocycles. The number of aromatic carboxylic acids is 1. The van der Waals surface area contributed by atoms with E-state index in [1.165, 1.54) is 48.9 Å². The molecule has 94 heavy (non-hydrogen) atoms. The van der Waals surface area contributed by atoms with Gasteiger partial charge >= 0.3 is 18.0 Å². The first kappa shape index (κ1) is 77.5. The number of carboxylic acid groups (broad SMARTS) is 2. The molecule has 0 radical (unpaired) electrons. The number of aliphatic hydroxyl groups excluding tert-OH is 4. The number of hydrogen-bond acceptors (Lipinski definition) is 20. The van der Waals surface area contributed by atoms with Gasteiger partial charge in [-0.25, -0.2) is 14.4 Å². The third kappa shape index (κ3) is 20.4. The van der Waals surface area contributed by atoms with Gasteiger partial charge in [0.05, 0.1) is 88.4 Å². The highest BCUT2D eigenvalue weighted by Crippen LogP contribution is 2.36. The molecule has 2 aliphatic rings. The molecule has 2 aromatic carbocycles. The molecule has 0 spiro atoms. The summed E-state index contributed by atoms with van der Waals surface area (Å²) in [5.41, 5.74) is 9.26. The summed E-state index contributed by atoms with van der Waals surface area (Å²) in [4.78, 5) is 104. The number of ether oxygens (including phenoxy) is 8. The first-order chi connectivity index (χ1) is 44.8. The van der Waals surface area contributed by atoms with Crippen LogP contribution >= 0.6 is 0 Å². The Balaban J connectivity index is 1.31. The molecule has 2 fully saturated rings. The third-order valence-electron chi connectivity index (χ3n) is 17.4. The van der Waals surface area contributed by atoms with Gasteiger partial charge in [0.15, 0.2) is 0 Å². The van der Waals surface area contributed by atoms with Gasteiger partial charge in [0.2, 0.25) is 29.9 Å². The van der Waals surface area contributed by atoms with Gasteiger partial charge in [-0.1, -0.05) is 96.4 Å². The molecule has 0 aliphatic carbocycles. The number of likely N-dealkylation sites (tertiary alicyclic amines) is 1. The van der Waals surface area contributed by atoms with E-state index >= 15 is 0 Å². The SMILES string of the molecule is CCC(C)[C@@H]([C@@H](CC(=O)N1CCC[C@H]1[C@H](OC)[C@@H](C)C(=O)NC(Cc1ccccc1)C(=O)O)OC)N(C)C(=O)[C@@H](NC(=O)[C@H](C(C)C)N(C)C(=O)OCc1ccc(O[C@@H]2O[C@H](CO)[C@H](O)[C@H](O)[C@H]2O)c2c1cc(C(=O)O)n2CCOCCOCCOCCN=[N+]=[N-])C(C)C. The Morgan fingerprint density at radius 2 is 1.48 bits per heavy atom. The van der Waals surface area contributed by atoms with Crippen LogP contribution in [-0.4, -0.2) is 252 Å². The number of aromatic nitrogens is 1. The zero-order chi connectivity index (χ0) is 69.5. The number of rotatable bonds is 39. The van der Waals surface area contributed by atoms with Crippen molar-refractivity contribution in [2.75, 3.05) is 87.7 Å². The van der Waals surface area contributed by atoms with Gasteiger partial charge in [-0.2, -0.15) is 0 Å². The Labute approximate surface area is 547 Å². The lowest BCUT2D eigenvalue weighted by Crippen LogP contribution is -2.60. The first-order valence-electron chi connectivity index (χ1n) is 31.8. The average molecular weight is 1330 g/mol. The van der Waals surface area contributed by atoms with Crippen molar-refractivity contribution in [1.29, 1.82) is 0 Å². The van der Waals surface area contributed by atoms with Gasteiger partial charge in [-0.05, 0) is 59.4 Å². The third-order valence-corrected chi connectivity index (χ3v) is 17.4. The van der Waals surface area contributed by atoms with Gasteiger partial charge in [-0.3, -0.25) is 24.1 Å². The summed E-state index contributed by atoms with van der Waals surface area (Å²) in [6, 6.07) is 8.30. The summed E-state index contributed by atoms with van der Waals surface area (Å²) in [5, 5.41) is 71.6. The topological polar surface area (TPSA) is 402 Å². The van der Waals surface area contributed by atoms with Crippen LogP contribution in [0.3, 0.4) is 0 Å². The minimum atomic E-state index is -1.83. The number of carbonyl (C=O) groups is 7. The van der Waals surface area contributed by atoms with Crippen LogP contribution in [0.25, 0.3) is 21.3 Å². The number of azide groups is 1. The van der Waals surface area contributed by atoms with Crippen LogP contribution in [0.2, 0.25) is 0 Å². The Hall–Kier alpha value is -7.22. The van der Waals surface area contributed by atoms with Crippen LogP contribution in [0.4, 0.5) is 4.79 Å². The van der Waals surface area contributed by atoms with E-state index in [2.05, 4.69) is 20.7 Å². The first-order valence-corrected chi connectivity index (χ1v) is 31.8. The van der Waals surface area contributed by atoms with E-state index in [-0.39, 0.29) is 105 Å². The predicted molar refractivity (Wildman–Crippen MR) is 339 cm³/mol. The number of aliphatic carboxylic acids is 1. The molecule has 14 atom stereocenters. The molecule has 30 heteroatoms. The standard InChI is InChI=1S/C64H97N9O21/c1-12-38(6)52(47(87-10)33-49(75)72-23-16-19-44(72)57(88-11)39(7)58(79)67-43(61(82)83)31-40-17-14-13-15-18-40)70(8)60(81)50(36(2)3)68-59(80)51(37(4)5)71(9)64(86)92-35-41-20-21-46(93-63-56(78)55(77)54(76)48(34-74)94-63)53-42(41)32-45(62(84)85)73(53)24-26-90-28-30-91-29-27-89-25-22-66-69-65/h13-15,17-18,20-21,32,36-39,43-44,47-48,50-52,54-57,63,74,76-78H,12,16,19,22-31,33-35H2,1-11H3,(H,67,79)(H,68,80)(H,82,83)(H,84,85)/t38?,39-,43?,44+,47-,48-,50+,51+,52+,54+,55+,56-,57-,63-/m1/s1. The van der Waals surface area contributed by atoms with Crippen molar-refractivity contribution < 1.29 is 102 Å². The number of benzene rings is 2.